The van der Waals surface area contributed by atoms with Gasteiger partial charge in [-0.2, -0.15) is 0 Å². The van der Waals surface area contributed by atoms with Gasteiger partial charge in [-0.1, -0.05) is 23.7 Å². The predicted molar refractivity (Wildman–Crippen MR) is 79.9 cm³/mol. The molecule has 1 amide bonds. The van der Waals surface area contributed by atoms with Gasteiger partial charge in [-0.15, -0.1) is 0 Å². The number of carbonyl (C=O) groups excluding carboxylic acids is 1. The van der Waals surface area contributed by atoms with Crippen molar-refractivity contribution in [2.24, 2.45) is 0 Å². The van der Waals surface area contributed by atoms with Gasteiger partial charge in [-0.05, 0) is 30.5 Å². The average Bonchev–Trinajstić information content (AvgIpc) is 3.12. The molecule has 1 aliphatic heterocycles. The molecule has 20 heavy (non-hydrogen) atoms. The van der Waals surface area contributed by atoms with E-state index in [9.17, 15) is 9.00 Å². The van der Waals surface area contributed by atoms with Gasteiger partial charge in [0, 0.05) is 34.4 Å². The van der Waals surface area contributed by atoms with Crippen LogP contribution >= 0.6 is 11.6 Å². The fourth-order valence-electron chi connectivity index (χ4n) is 2.67. The molecule has 4 nitrogen and oxygen atoms in total. The fraction of sp³-hybridized carbons (Fsp3) is 0.500. The SMILES string of the molecule is CS(=O)CCN1C(=O)C2(CC2)NC1c1cccc(Cl)c1. The maximum Gasteiger partial charge on any atom is 0.244 e. The molecule has 1 saturated carbocycles. The summed E-state index contributed by atoms with van der Waals surface area (Å²) >= 11 is 6.04. The van der Waals surface area contributed by atoms with E-state index in [1.165, 1.54) is 0 Å². The van der Waals surface area contributed by atoms with Crippen molar-refractivity contribution in [1.82, 2.24) is 10.2 Å². The van der Waals surface area contributed by atoms with Crippen molar-refractivity contribution >= 4 is 28.3 Å². The highest BCUT2D eigenvalue weighted by atomic mass is 35.5. The molecular formula is C14H17ClN2O2S. The van der Waals surface area contributed by atoms with Crippen molar-refractivity contribution in [1.29, 1.82) is 0 Å². The Labute approximate surface area is 125 Å². The molecule has 1 N–H and O–H groups in total. The van der Waals surface area contributed by atoms with Crippen LogP contribution < -0.4 is 5.32 Å². The first-order valence-electron chi connectivity index (χ1n) is 6.66. The third kappa shape index (κ3) is 2.50. The summed E-state index contributed by atoms with van der Waals surface area (Å²) in [6, 6.07) is 7.55. The molecule has 1 aromatic rings. The van der Waals surface area contributed by atoms with Crippen molar-refractivity contribution in [2.45, 2.75) is 24.5 Å². The topological polar surface area (TPSA) is 49.4 Å². The van der Waals surface area contributed by atoms with Gasteiger partial charge >= 0.3 is 0 Å². The minimum Gasteiger partial charge on any atom is -0.320 e. The van der Waals surface area contributed by atoms with E-state index in [1.807, 2.05) is 24.3 Å². The molecule has 0 bridgehead atoms. The van der Waals surface area contributed by atoms with E-state index in [0.29, 0.717) is 17.3 Å². The second kappa shape index (κ2) is 5.13. The van der Waals surface area contributed by atoms with E-state index in [0.717, 1.165) is 18.4 Å². The van der Waals surface area contributed by atoms with E-state index in [1.54, 1.807) is 11.2 Å². The Morgan fingerprint density at radius 3 is 2.85 bits per heavy atom. The molecule has 2 fully saturated rings. The van der Waals surface area contributed by atoms with Gasteiger partial charge in [0.2, 0.25) is 5.91 Å². The molecule has 0 radical (unpaired) electrons. The summed E-state index contributed by atoms with van der Waals surface area (Å²) < 4.78 is 11.3. The van der Waals surface area contributed by atoms with Crippen LogP contribution in [0.3, 0.4) is 0 Å². The molecule has 1 saturated heterocycles. The quantitative estimate of drug-likeness (QED) is 0.920. The third-order valence-corrected chi connectivity index (χ3v) is 4.92. The molecule has 2 unspecified atom stereocenters. The lowest BCUT2D eigenvalue weighted by Gasteiger charge is -2.24. The molecule has 0 aromatic heterocycles. The van der Waals surface area contributed by atoms with Crippen LogP contribution in [0.1, 0.15) is 24.6 Å². The lowest BCUT2D eigenvalue weighted by molar-refractivity contribution is -0.130. The average molecular weight is 313 g/mol. The van der Waals surface area contributed by atoms with Crippen LogP contribution in [0.25, 0.3) is 0 Å². The van der Waals surface area contributed by atoms with Crippen molar-refractivity contribution < 1.29 is 9.00 Å². The summed E-state index contributed by atoms with van der Waals surface area (Å²) in [5, 5.41) is 4.09. The third-order valence-electron chi connectivity index (χ3n) is 3.93. The molecule has 1 heterocycles. The normalized spacial score (nSPS) is 25.2. The Balaban J connectivity index is 1.87. The number of nitrogens with one attached hydrogen (secondary N) is 1. The summed E-state index contributed by atoms with van der Waals surface area (Å²) in [6.45, 7) is 0.508. The summed E-state index contributed by atoms with van der Waals surface area (Å²) in [5.74, 6) is 0.633. The first-order valence-corrected chi connectivity index (χ1v) is 8.77. The molecule has 1 aliphatic carbocycles. The predicted octanol–water partition coefficient (Wildman–Crippen LogP) is 1.68. The first kappa shape index (κ1) is 14.0. The van der Waals surface area contributed by atoms with Crippen LogP contribution in [0.4, 0.5) is 0 Å². The molecule has 6 heteroatoms. The number of hydrogen-bond acceptors (Lipinski definition) is 3. The number of nitrogens with zero attached hydrogens (tertiary/aromatic N) is 1. The van der Waals surface area contributed by atoms with E-state index in [-0.39, 0.29) is 17.6 Å². The molecular weight excluding hydrogens is 296 g/mol. The first-order chi connectivity index (χ1) is 9.52. The van der Waals surface area contributed by atoms with Crippen molar-refractivity contribution in [3.05, 3.63) is 34.9 Å². The minimum absolute atomic E-state index is 0.132. The molecule has 1 aromatic carbocycles. The molecule has 108 valence electrons. The largest absolute Gasteiger partial charge is 0.320 e. The maximum atomic E-state index is 12.5. The van der Waals surface area contributed by atoms with Crippen LogP contribution in [0.2, 0.25) is 5.02 Å². The number of amides is 1. The van der Waals surface area contributed by atoms with E-state index in [4.69, 9.17) is 11.6 Å². The second-order valence-electron chi connectivity index (χ2n) is 5.46. The Kier molecular flexibility index (Phi) is 3.60. The van der Waals surface area contributed by atoms with Crippen LogP contribution in [0.5, 0.6) is 0 Å². The van der Waals surface area contributed by atoms with Crippen molar-refractivity contribution in [3.8, 4) is 0 Å². The zero-order valence-corrected chi connectivity index (χ0v) is 12.8. The van der Waals surface area contributed by atoms with Gasteiger partial charge in [0.15, 0.2) is 0 Å². The lowest BCUT2D eigenvalue weighted by Crippen LogP contribution is -2.34. The summed E-state index contributed by atoms with van der Waals surface area (Å²) in [4.78, 5) is 14.3. The summed E-state index contributed by atoms with van der Waals surface area (Å²) in [6.07, 6.45) is 3.27. The number of halogens is 1. The zero-order valence-electron chi connectivity index (χ0n) is 11.3. The van der Waals surface area contributed by atoms with Crippen LogP contribution in [0, 0.1) is 0 Å². The molecule has 1 spiro atoms. The number of benzene rings is 1. The number of rotatable bonds is 4. The van der Waals surface area contributed by atoms with Gasteiger partial charge in [-0.3, -0.25) is 14.3 Å². The maximum absolute atomic E-state index is 12.5. The van der Waals surface area contributed by atoms with E-state index >= 15 is 0 Å². The second-order valence-corrected chi connectivity index (χ2v) is 7.45. The minimum atomic E-state index is -0.904. The highest BCUT2D eigenvalue weighted by molar-refractivity contribution is 7.84. The standard InChI is InChI=1S/C14H17ClN2O2S/c1-20(19)8-7-17-12(10-3-2-4-11(15)9-10)16-14(5-6-14)13(17)18/h2-4,9,12,16H,5-8H2,1H3. The Bertz CT molecular complexity index is 574. The number of hydrogen-bond donors (Lipinski definition) is 1. The fourth-order valence-corrected chi connectivity index (χ4v) is 3.33. The molecule has 3 rings (SSSR count). The van der Waals surface area contributed by atoms with E-state index < -0.39 is 10.8 Å². The summed E-state index contributed by atoms with van der Waals surface area (Å²) in [7, 11) is -0.904. The van der Waals surface area contributed by atoms with Crippen molar-refractivity contribution in [3.63, 3.8) is 0 Å². The molecule has 2 aliphatic rings. The van der Waals surface area contributed by atoms with Gasteiger partial charge in [0.05, 0.1) is 0 Å². The summed E-state index contributed by atoms with van der Waals surface area (Å²) in [5.41, 5.74) is 0.610. The van der Waals surface area contributed by atoms with Crippen LogP contribution in [-0.4, -0.2) is 39.1 Å². The van der Waals surface area contributed by atoms with Crippen molar-refractivity contribution in [2.75, 3.05) is 18.6 Å². The van der Waals surface area contributed by atoms with Gasteiger partial charge < -0.3 is 4.90 Å². The lowest BCUT2D eigenvalue weighted by atomic mass is 10.1. The van der Waals surface area contributed by atoms with E-state index in [2.05, 4.69) is 5.32 Å². The Morgan fingerprint density at radius 2 is 2.25 bits per heavy atom. The Morgan fingerprint density at radius 1 is 1.50 bits per heavy atom. The Hall–Kier alpha value is -0.910. The van der Waals surface area contributed by atoms with Gasteiger partial charge in [0.25, 0.3) is 0 Å². The monoisotopic (exact) mass is 312 g/mol. The van der Waals surface area contributed by atoms with Crippen LogP contribution in [0.15, 0.2) is 24.3 Å². The van der Waals surface area contributed by atoms with Gasteiger partial charge in [0.1, 0.15) is 11.7 Å². The smallest absolute Gasteiger partial charge is 0.244 e. The van der Waals surface area contributed by atoms with Gasteiger partial charge in [-0.25, -0.2) is 0 Å². The highest BCUT2D eigenvalue weighted by Gasteiger charge is 2.59. The number of carbonyl (C=O) groups is 1. The highest BCUT2D eigenvalue weighted by Crippen LogP contribution is 2.45. The zero-order chi connectivity index (χ0) is 14.3. The van der Waals surface area contributed by atoms with Crippen LogP contribution in [-0.2, 0) is 15.6 Å². The molecule has 2 atom stereocenters.